The van der Waals surface area contributed by atoms with Crippen molar-refractivity contribution in [3.05, 3.63) is 58.9 Å². The second-order valence-electron chi connectivity index (χ2n) is 7.67. The van der Waals surface area contributed by atoms with Gasteiger partial charge in [-0.2, -0.15) is 0 Å². The summed E-state index contributed by atoms with van der Waals surface area (Å²) in [4.78, 5) is 26.1. The van der Waals surface area contributed by atoms with Crippen LogP contribution in [0.5, 0.6) is 11.5 Å². The van der Waals surface area contributed by atoms with Crippen LogP contribution in [0.15, 0.2) is 46.9 Å². The van der Waals surface area contributed by atoms with Crippen LogP contribution in [0.25, 0.3) is 11.5 Å². The van der Waals surface area contributed by atoms with E-state index in [0.29, 0.717) is 65.4 Å². The monoisotopic (exact) mass is 485 g/mol. The van der Waals surface area contributed by atoms with Crippen LogP contribution in [0, 0.1) is 0 Å². The fraction of sp³-hybridized carbons (Fsp3) is 0.360. The van der Waals surface area contributed by atoms with Crippen molar-refractivity contribution in [3.63, 3.8) is 0 Å². The van der Waals surface area contributed by atoms with Gasteiger partial charge >= 0.3 is 0 Å². The average molecular weight is 486 g/mol. The summed E-state index contributed by atoms with van der Waals surface area (Å²) < 4.78 is 16.8. The van der Waals surface area contributed by atoms with Gasteiger partial charge < -0.3 is 18.8 Å². The summed E-state index contributed by atoms with van der Waals surface area (Å²) in [7, 11) is 1.52. The number of carbonyl (C=O) groups excluding carboxylic acids is 2. The quantitative estimate of drug-likeness (QED) is 0.257. The minimum absolute atomic E-state index is 0.0261. The molecule has 0 spiro atoms. The first kappa shape index (κ1) is 25.2. The number of benzene rings is 2. The van der Waals surface area contributed by atoms with E-state index in [0.717, 1.165) is 6.42 Å². The molecule has 3 aromatic rings. The summed E-state index contributed by atoms with van der Waals surface area (Å²) >= 11 is 6.20. The van der Waals surface area contributed by atoms with Gasteiger partial charge in [0, 0.05) is 18.5 Å². The molecule has 8 nitrogen and oxygen atoms in total. The van der Waals surface area contributed by atoms with E-state index in [1.165, 1.54) is 14.0 Å². The molecule has 1 heterocycles. The summed E-state index contributed by atoms with van der Waals surface area (Å²) in [6.45, 7) is 4.63. The van der Waals surface area contributed by atoms with E-state index in [-0.39, 0.29) is 18.2 Å². The van der Waals surface area contributed by atoms with Crippen molar-refractivity contribution in [2.24, 2.45) is 0 Å². The van der Waals surface area contributed by atoms with E-state index < -0.39 is 0 Å². The zero-order chi connectivity index (χ0) is 24.5. The fourth-order valence-corrected chi connectivity index (χ4v) is 3.57. The number of aromatic nitrogens is 2. The Balaban J connectivity index is 1.55. The molecule has 0 radical (unpaired) electrons. The molecule has 1 aromatic heterocycles. The maximum atomic E-state index is 12.8. The van der Waals surface area contributed by atoms with Gasteiger partial charge in [-0.25, -0.2) is 0 Å². The SMILES string of the molecule is CCCN(Cc1nnc(-c2ccccc2Cl)o1)C(=O)CCCOc1ccc(C(C)=O)cc1OC. The van der Waals surface area contributed by atoms with Gasteiger partial charge in [0.1, 0.15) is 0 Å². The molecule has 2 aromatic carbocycles. The van der Waals surface area contributed by atoms with Crippen LogP contribution in [0.4, 0.5) is 0 Å². The van der Waals surface area contributed by atoms with Crippen LogP contribution < -0.4 is 9.47 Å². The Morgan fingerprint density at radius 1 is 1.12 bits per heavy atom. The molecule has 34 heavy (non-hydrogen) atoms. The first-order valence-electron chi connectivity index (χ1n) is 11.1. The summed E-state index contributed by atoms with van der Waals surface area (Å²) in [5, 5.41) is 8.67. The average Bonchev–Trinajstić information content (AvgIpc) is 3.29. The second-order valence-corrected chi connectivity index (χ2v) is 8.08. The van der Waals surface area contributed by atoms with Crippen molar-refractivity contribution in [1.29, 1.82) is 0 Å². The Morgan fingerprint density at radius 2 is 1.91 bits per heavy atom. The number of amides is 1. The molecule has 3 rings (SSSR count). The highest BCUT2D eigenvalue weighted by Crippen LogP contribution is 2.29. The molecule has 0 saturated carbocycles. The van der Waals surface area contributed by atoms with E-state index in [9.17, 15) is 9.59 Å². The third-order valence-corrected chi connectivity index (χ3v) is 5.44. The third-order valence-electron chi connectivity index (χ3n) is 5.11. The minimum atomic E-state index is -0.0494. The summed E-state index contributed by atoms with van der Waals surface area (Å²) in [5.41, 5.74) is 1.20. The van der Waals surface area contributed by atoms with Crippen molar-refractivity contribution in [1.82, 2.24) is 15.1 Å². The number of nitrogens with zero attached hydrogens (tertiary/aromatic N) is 3. The minimum Gasteiger partial charge on any atom is -0.493 e. The number of methoxy groups -OCH3 is 1. The summed E-state index contributed by atoms with van der Waals surface area (Å²) in [6.07, 6.45) is 1.62. The standard InChI is InChI=1S/C25H28ClN3O5/c1-4-13-29(16-23-27-28-25(34-23)19-8-5-6-9-20(19)26)24(31)10-7-14-33-21-12-11-18(17(2)30)15-22(21)32-3/h5-6,8-9,11-12,15H,4,7,10,13-14,16H2,1-3H3. The van der Waals surface area contributed by atoms with Gasteiger partial charge in [0.2, 0.25) is 17.7 Å². The highest BCUT2D eigenvalue weighted by molar-refractivity contribution is 6.33. The number of hydrogen-bond donors (Lipinski definition) is 0. The normalized spacial score (nSPS) is 10.7. The summed E-state index contributed by atoms with van der Waals surface area (Å²) in [5.74, 6) is 1.61. The van der Waals surface area contributed by atoms with Crippen LogP contribution in [0.1, 0.15) is 49.4 Å². The van der Waals surface area contributed by atoms with Gasteiger partial charge in [-0.05, 0) is 50.1 Å². The molecule has 0 saturated heterocycles. The zero-order valence-electron chi connectivity index (χ0n) is 19.5. The molecule has 0 aliphatic carbocycles. The van der Waals surface area contributed by atoms with Gasteiger partial charge in [0.25, 0.3) is 0 Å². The van der Waals surface area contributed by atoms with Crippen LogP contribution in [0.2, 0.25) is 5.02 Å². The lowest BCUT2D eigenvalue weighted by Gasteiger charge is -2.20. The van der Waals surface area contributed by atoms with Crippen LogP contribution >= 0.6 is 11.6 Å². The summed E-state index contributed by atoms with van der Waals surface area (Å²) in [6, 6.07) is 12.3. The van der Waals surface area contributed by atoms with Crippen molar-refractivity contribution in [2.45, 2.75) is 39.7 Å². The molecule has 0 N–H and O–H groups in total. The molecule has 1 amide bonds. The first-order chi connectivity index (χ1) is 16.4. The molecule has 0 aliphatic rings. The van der Waals surface area contributed by atoms with Gasteiger partial charge in [-0.1, -0.05) is 30.7 Å². The molecule has 9 heteroatoms. The number of Topliss-reactive ketones (excluding diaryl/α,β-unsaturated/α-hetero) is 1. The maximum absolute atomic E-state index is 12.8. The molecular weight excluding hydrogens is 458 g/mol. The van der Waals surface area contributed by atoms with Crippen molar-refractivity contribution in [2.75, 3.05) is 20.3 Å². The Bertz CT molecular complexity index is 1130. The van der Waals surface area contributed by atoms with Crippen molar-refractivity contribution >= 4 is 23.3 Å². The van der Waals surface area contributed by atoms with E-state index >= 15 is 0 Å². The predicted octanol–water partition coefficient (Wildman–Crippen LogP) is 5.20. The first-order valence-corrected chi connectivity index (χ1v) is 11.5. The van der Waals surface area contributed by atoms with Crippen molar-refractivity contribution < 1.29 is 23.5 Å². The number of rotatable bonds is 12. The van der Waals surface area contributed by atoms with Crippen LogP contribution in [-0.2, 0) is 11.3 Å². The Kier molecular flexibility index (Phi) is 9.04. The molecule has 0 fully saturated rings. The highest BCUT2D eigenvalue weighted by Gasteiger charge is 2.18. The maximum Gasteiger partial charge on any atom is 0.249 e. The molecule has 0 bridgehead atoms. The molecule has 0 unspecified atom stereocenters. The van der Waals surface area contributed by atoms with Gasteiger partial charge in [-0.15, -0.1) is 10.2 Å². The lowest BCUT2D eigenvalue weighted by molar-refractivity contribution is -0.132. The molecule has 0 aliphatic heterocycles. The van der Waals surface area contributed by atoms with E-state index in [2.05, 4.69) is 10.2 Å². The topological polar surface area (TPSA) is 94.8 Å². The third kappa shape index (κ3) is 6.57. The van der Waals surface area contributed by atoms with E-state index in [1.54, 1.807) is 35.2 Å². The second kappa shape index (κ2) is 12.2. The molecule has 0 atom stereocenters. The lowest BCUT2D eigenvalue weighted by atomic mass is 10.1. The fourth-order valence-electron chi connectivity index (χ4n) is 3.36. The highest BCUT2D eigenvalue weighted by atomic mass is 35.5. The Morgan fingerprint density at radius 3 is 2.62 bits per heavy atom. The lowest BCUT2D eigenvalue weighted by Crippen LogP contribution is -2.31. The largest absolute Gasteiger partial charge is 0.493 e. The number of halogens is 1. The number of ketones is 1. The van der Waals surface area contributed by atoms with Crippen LogP contribution in [-0.4, -0.2) is 47.0 Å². The smallest absolute Gasteiger partial charge is 0.249 e. The molecular formula is C25H28ClN3O5. The Hall–Kier alpha value is -3.39. The zero-order valence-corrected chi connectivity index (χ0v) is 20.3. The van der Waals surface area contributed by atoms with Crippen LogP contribution in [0.3, 0.4) is 0 Å². The van der Waals surface area contributed by atoms with E-state index in [1.807, 2.05) is 19.1 Å². The predicted molar refractivity (Wildman–Crippen MR) is 128 cm³/mol. The number of ether oxygens (including phenoxy) is 2. The van der Waals surface area contributed by atoms with Gasteiger partial charge in [0.15, 0.2) is 17.3 Å². The number of hydrogen-bond acceptors (Lipinski definition) is 7. The van der Waals surface area contributed by atoms with Gasteiger partial charge in [-0.3, -0.25) is 9.59 Å². The van der Waals surface area contributed by atoms with E-state index in [4.69, 9.17) is 25.5 Å². The number of carbonyl (C=O) groups is 2. The van der Waals surface area contributed by atoms with Gasteiger partial charge in [0.05, 0.1) is 30.8 Å². The Labute approximate surface area is 203 Å². The molecule has 180 valence electrons. The van der Waals surface area contributed by atoms with Crippen molar-refractivity contribution in [3.8, 4) is 23.0 Å².